The van der Waals surface area contributed by atoms with Crippen LogP contribution >= 0.6 is 11.6 Å². The lowest BCUT2D eigenvalue weighted by molar-refractivity contribution is 0.0948. The van der Waals surface area contributed by atoms with Gasteiger partial charge in [-0.3, -0.25) is 4.79 Å². The van der Waals surface area contributed by atoms with Gasteiger partial charge in [-0.1, -0.05) is 5.16 Å². The van der Waals surface area contributed by atoms with Crippen molar-refractivity contribution in [3.63, 3.8) is 0 Å². The number of oxime groups is 1. The van der Waals surface area contributed by atoms with Gasteiger partial charge in [0.2, 0.25) is 5.22 Å². The van der Waals surface area contributed by atoms with Gasteiger partial charge in [0.05, 0.1) is 17.9 Å². The maximum atomic E-state index is 11.5. The molecule has 1 aromatic rings. The van der Waals surface area contributed by atoms with Crippen molar-refractivity contribution in [2.24, 2.45) is 10.9 Å². The number of amides is 1. The van der Waals surface area contributed by atoms with Crippen LogP contribution in [0.2, 0.25) is 5.22 Å². The van der Waals surface area contributed by atoms with Crippen LogP contribution in [0.25, 0.3) is 0 Å². The van der Waals surface area contributed by atoms with Gasteiger partial charge in [-0.05, 0) is 24.6 Å². The number of nitrogens with one attached hydrogen (secondary N) is 1. The topological polar surface area (TPSA) is 101 Å². The van der Waals surface area contributed by atoms with Crippen molar-refractivity contribution in [1.29, 1.82) is 0 Å². The summed E-state index contributed by atoms with van der Waals surface area (Å²) in [5, 5.41) is 13.6. The SMILES string of the molecule is CC(NC(=O)c1ccoc1Cl)/C(N)=N/O. The molecule has 0 saturated heterocycles. The third-order valence-corrected chi connectivity index (χ3v) is 2.06. The lowest BCUT2D eigenvalue weighted by Gasteiger charge is -2.10. The summed E-state index contributed by atoms with van der Waals surface area (Å²) in [6.45, 7) is 1.57. The number of amidine groups is 1. The monoisotopic (exact) mass is 231 g/mol. The highest BCUT2D eigenvalue weighted by Crippen LogP contribution is 2.16. The van der Waals surface area contributed by atoms with E-state index in [0.29, 0.717) is 0 Å². The van der Waals surface area contributed by atoms with Gasteiger partial charge >= 0.3 is 0 Å². The van der Waals surface area contributed by atoms with E-state index in [-0.39, 0.29) is 16.6 Å². The zero-order chi connectivity index (χ0) is 11.4. The summed E-state index contributed by atoms with van der Waals surface area (Å²) in [5.74, 6) is -0.546. The van der Waals surface area contributed by atoms with E-state index in [4.69, 9.17) is 27.0 Å². The number of rotatable bonds is 3. The Labute approximate surface area is 90.7 Å². The molecule has 1 amide bonds. The standard InChI is InChI=1S/C8H10ClN3O3/c1-4(7(10)12-14)11-8(13)5-2-3-15-6(5)9/h2-4,14H,1H3,(H2,10,12)(H,11,13). The smallest absolute Gasteiger partial charge is 0.256 e. The van der Waals surface area contributed by atoms with Gasteiger partial charge in [0.15, 0.2) is 5.84 Å². The van der Waals surface area contributed by atoms with Gasteiger partial charge in [-0.25, -0.2) is 0 Å². The van der Waals surface area contributed by atoms with Crippen LogP contribution in [0.4, 0.5) is 0 Å². The third-order valence-electron chi connectivity index (χ3n) is 1.77. The van der Waals surface area contributed by atoms with Crippen LogP contribution < -0.4 is 11.1 Å². The van der Waals surface area contributed by atoms with E-state index in [9.17, 15) is 4.79 Å². The average molecular weight is 232 g/mol. The maximum Gasteiger partial charge on any atom is 0.256 e. The molecule has 6 nitrogen and oxygen atoms in total. The Kier molecular flexibility index (Phi) is 3.56. The number of carbonyl (C=O) groups excluding carboxylic acids is 1. The van der Waals surface area contributed by atoms with Crippen LogP contribution in [-0.2, 0) is 0 Å². The molecule has 82 valence electrons. The van der Waals surface area contributed by atoms with Crippen LogP contribution in [0.15, 0.2) is 21.9 Å². The summed E-state index contributed by atoms with van der Waals surface area (Å²) in [6.07, 6.45) is 1.30. The highest BCUT2D eigenvalue weighted by atomic mass is 35.5. The second-order valence-corrected chi connectivity index (χ2v) is 3.17. The van der Waals surface area contributed by atoms with E-state index in [1.54, 1.807) is 6.92 Å². The van der Waals surface area contributed by atoms with Gasteiger partial charge in [0.1, 0.15) is 0 Å². The van der Waals surface area contributed by atoms with Crippen molar-refractivity contribution >= 4 is 23.3 Å². The van der Waals surface area contributed by atoms with Gasteiger partial charge in [-0.15, -0.1) is 0 Å². The normalized spacial score (nSPS) is 13.6. The first-order chi connectivity index (χ1) is 7.06. The van der Waals surface area contributed by atoms with Crippen molar-refractivity contribution in [3.05, 3.63) is 23.1 Å². The molecule has 1 atom stereocenters. The zero-order valence-corrected chi connectivity index (χ0v) is 8.65. The Bertz CT molecular complexity index is 388. The van der Waals surface area contributed by atoms with Crippen molar-refractivity contribution in [2.75, 3.05) is 0 Å². The fraction of sp³-hybridized carbons (Fsp3) is 0.250. The first-order valence-electron chi connectivity index (χ1n) is 4.07. The third kappa shape index (κ3) is 2.63. The highest BCUT2D eigenvalue weighted by molar-refractivity contribution is 6.32. The minimum absolute atomic E-state index is 0.000733. The van der Waals surface area contributed by atoms with Crippen LogP contribution in [0.1, 0.15) is 17.3 Å². The van der Waals surface area contributed by atoms with Crippen LogP contribution in [-0.4, -0.2) is 23.0 Å². The van der Waals surface area contributed by atoms with E-state index in [2.05, 4.69) is 10.5 Å². The lowest BCUT2D eigenvalue weighted by atomic mass is 10.2. The molecule has 7 heteroatoms. The molecule has 0 radical (unpaired) electrons. The Morgan fingerprint density at radius 1 is 1.80 bits per heavy atom. The average Bonchev–Trinajstić information content (AvgIpc) is 2.63. The van der Waals surface area contributed by atoms with Crippen molar-refractivity contribution in [2.45, 2.75) is 13.0 Å². The number of furan rings is 1. The molecule has 15 heavy (non-hydrogen) atoms. The van der Waals surface area contributed by atoms with E-state index in [0.717, 1.165) is 0 Å². The van der Waals surface area contributed by atoms with Crippen LogP contribution in [0.3, 0.4) is 0 Å². The molecule has 0 bridgehead atoms. The van der Waals surface area contributed by atoms with E-state index >= 15 is 0 Å². The molecule has 1 aromatic heterocycles. The molecular formula is C8H10ClN3O3. The summed E-state index contributed by atoms with van der Waals surface area (Å²) in [4.78, 5) is 11.5. The molecule has 1 unspecified atom stereocenters. The fourth-order valence-corrected chi connectivity index (χ4v) is 1.09. The molecule has 0 spiro atoms. The van der Waals surface area contributed by atoms with Gasteiger partial charge in [0, 0.05) is 0 Å². The number of hydrogen-bond acceptors (Lipinski definition) is 4. The quantitative estimate of drug-likeness (QED) is 0.310. The first-order valence-corrected chi connectivity index (χ1v) is 4.45. The van der Waals surface area contributed by atoms with E-state index in [1.807, 2.05) is 0 Å². The van der Waals surface area contributed by atoms with Crippen LogP contribution in [0.5, 0.6) is 0 Å². The van der Waals surface area contributed by atoms with E-state index in [1.165, 1.54) is 12.3 Å². The Hall–Kier alpha value is -1.69. The number of nitrogens with two attached hydrogens (primary N) is 1. The minimum Gasteiger partial charge on any atom is -0.452 e. The number of halogens is 1. The fourth-order valence-electron chi connectivity index (χ4n) is 0.891. The molecule has 0 aliphatic heterocycles. The van der Waals surface area contributed by atoms with Crippen molar-refractivity contribution in [3.8, 4) is 0 Å². The van der Waals surface area contributed by atoms with Gasteiger partial charge in [-0.2, -0.15) is 0 Å². The van der Waals surface area contributed by atoms with Crippen LogP contribution in [0, 0.1) is 0 Å². The highest BCUT2D eigenvalue weighted by Gasteiger charge is 2.16. The Morgan fingerprint density at radius 2 is 2.47 bits per heavy atom. The van der Waals surface area contributed by atoms with E-state index < -0.39 is 11.9 Å². The van der Waals surface area contributed by atoms with Gasteiger partial charge < -0.3 is 20.7 Å². The lowest BCUT2D eigenvalue weighted by Crippen LogP contribution is -2.42. The molecule has 0 saturated carbocycles. The molecule has 4 N–H and O–H groups in total. The number of carbonyl (C=O) groups is 1. The summed E-state index contributed by atoms with van der Waals surface area (Å²) in [6, 6.07) is 0.838. The molecule has 0 aliphatic rings. The summed E-state index contributed by atoms with van der Waals surface area (Å²) in [5.41, 5.74) is 5.49. The summed E-state index contributed by atoms with van der Waals surface area (Å²) in [7, 11) is 0. The number of hydrogen-bond donors (Lipinski definition) is 3. The molecule has 1 heterocycles. The molecule has 0 aromatic carbocycles. The Balaban J connectivity index is 2.69. The zero-order valence-electron chi connectivity index (χ0n) is 7.90. The predicted octanol–water partition coefficient (Wildman–Crippen LogP) is 0.798. The minimum atomic E-state index is -0.589. The molecule has 0 fully saturated rings. The predicted molar refractivity (Wildman–Crippen MR) is 54.1 cm³/mol. The summed E-state index contributed by atoms with van der Waals surface area (Å²) >= 11 is 5.59. The molecular weight excluding hydrogens is 222 g/mol. The van der Waals surface area contributed by atoms with Crippen molar-refractivity contribution < 1.29 is 14.4 Å². The number of nitrogens with zero attached hydrogens (tertiary/aromatic N) is 1. The second kappa shape index (κ2) is 4.70. The second-order valence-electron chi connectivity index (χ2n) is 2.83. The Morgan fingerprint density at radius 3 is 2.93 bits per heavy atom. The van der Waals surface area contributed by atoms with Crippen molar-refractivity contribution in [1.82, 2.24) is 5.32 Å². The molecule has 0 aliphatic carbocycles. The largest absolute Gasteiger partial charge is 0.452 e. The summed E-state index contributed by atoms with van der Waals surface area (Å²) < 4.78 is 4.75. The van der Waals surface area contributed by atoms with Gasteiger partial charge in [0.25, 0.3) is 5.91 Å². The maximum absolute atomic E-state index is 11.5. The first kappa shape index (κ1) is 11.4. The molecule has 1 rings (SSSR count).